The molecule has 9 atom stereocenters. The van der Waals surface area contributed by atoms with Crippen molar-refractivity contribution in [3.8, 4) is 0 Å². The van der Waals surface area contributed by atoms with Crippen LogP contribution in [-0.2, 0) is 19.1 Å². The number of aliphatic hydroxyl groups is 2. The number of allylic oxidation sites excluding steroid dienone is 3. The standard InChI is InChI=1S/C33H50O6/c1-7-28(35)38-20(3)9-12-24-25(13-10-21(4)39-29(36)8-2)31(37)33(6)18-16-27-26(30(24)33)14-11-22-19-23(34)15-17-32(22,27)5/h11,23-27,30-31,34,37H,3-4,7-10,12-19H2,1-2,5-6H3/t23?,24?,25?,26-,27-,30+,31?,32+,33+/m1/s1. The molecule has 0 aromatic rings. The molecule has 0 aromatic carbocycles. The van der Waals surface area contributed by atoms with Gasteiger partial charge in [0.15, 0.2) is 0 Å². The third kappa shape index (κ3) is 5.79. The Hall–Kier alpha value is -1.92. The van der Waals surface area contributed by atoms with Crippen molar-refractivity contribution in [3.05, 3.63) is 36.3 Å². The molecular formula is C33H50O6. The van der Waals surface area contributed by atoms with Crippen LogP contribution in [0.15, 0.2) is 36.3 Å². The molecule has 4 aliphatic rings. The van der Waals surface area contributed by atoms with Crippen LogP contribution in [-0.4, -0.2) is 34.4 Å². The molecule has 6 nitrogen and oxygen atoms in total. The van der Waals surface area contributed by atoms with Gasteiger partial charge in [0, 0.05) is 25.7 Å². The fraction of sp³-hybridized carbons (Fsp3) is 0.758. The number of rotatable bonds is 10. The Kier molecular flexibility index (Phi) is 9.17. The predicted octanol–water partition coefficient (Wildman–Crippen LogP) is 6.62. The van der Waals surface area contributed by atoms with E-state index in [1.165, 1.54) is 5.57 Å². The molecule has 39 heavy (non-hydrogen) atoms. The van der Waals surface area contributed by atoms with Crippen molar-refractivity contribution in [2.45, 2.75) is 117 Å². The molecule has 3 saturated carbocycles. The summed E-state index contributed by atoms with van der Waals surface area (Å²) in [6.07, 6.45) is 10.7. The highest BCUT2D eigenvalue weighted by molar-refractivity contribution is 5.70. The lowest BCUT2D eigenvalue weighted by Crippen LogP contribution is -2.52. The lowest BCUT2D eigenvalue weighted by molar-refractivity contribution is -0.140. The third-order valence-corrected chi connectivity index (χ3v) is 11.1. The highest BCUT2D eigenvalue weighted by atomic mass is 16.5. The minimum Gasteiger partial charge on any atom is -0.432 e. The van der Waals surface area contributed by atoms with Crippen LogP contribution in [0.5, 0.6) is 0 Å². The van der Waals surface area contributed by atoms with E-state index >= 15 is 0 Å². The molecule has 0 aliphatic heterocycles. The summed E-state index contributed by atoms with van der Waals surface area (Å²) >= 11 is 0. The largest absolute Gasteiger partial charge is 0.432 e. The molecular weight excluding hydrogens is 492 g/mol. The minimum atomic E-state index is -0.457. The van der Waals surface area contributed by atoms with E-state index in [4.69, 9.17) is 9.47 Å². The fourth-order valence-corrected chi connectivity index (χ4v) is 9.05. The van der Waals surface area contributed by atoms with E-state index < -0.39 is 6.10 Å². The molecule has 218 valence electrons. The lowest BCUT2D eigenvalue weighted by atomic mass is 9.47. The molecule has 0 saturated heterocycles. The van der Waals surface area contributed by atoms with E-state index in [0.717, 1.165) is 44.9 Å². The van der Waals surface area contributed by atoms with E-state index in [2.05, 4.69) is 33.1 Å². The summed E-state index contributed by atoms with van der Waals surface area (Å²) < 4.78 is 10.8. The van der Waals surface area contributed by atoms with E-state index in [9.17, 15) is 19.8 Å². The molecule has 0 spiro atoms. The highest BCUT2D eigenvalue weighted by Crippen LogP contribution is 2.68. The van der Waals surface area contributed by atoms with E-state index in [1.54, 1.807) is 13.8 Å². The second-order valence-electron chi connectivity index (χ2n) is 13.2. The van der Waals surface area contributed by atoms with Crippen molar-refractivity contribution in [2.24, 2.45) is 40.4 Å². The Morgan fingerprint density at radius 1 is 0.949 bits per heavy atom. The van der Waals surface area contributed by atoms with Crippen LogP contribution >= 0.6 is 0 Å². The van der Waals surface area contributed by atoms with Crippen molar-refractivity contribution >= 4 is 11.9 Å². The molecule has 6 heteroatoms. The predicted molar refractivity (Wildman–Crippen MR) is 151 cm³/mol. The topological polar surface area (TPSA) is 93.1 Å². The maximum Gasteiger partial charge on any atom is 0.310 e. The highest BCUT2D eigenvalue weighted by Gasteiger charge is 2.64. The molecule has 4 rings (SSSR count). The van der Waals surface area contributed by atoms with Gasteiger partial charge in [-0.05, 0) is 91.8 Å². The van der Waals surface area contributed by atoms with Crippen LogP contribution in [0, 0.1) is 40.4 Å². The van der Waals surface area contributed by atoms with Crippen LogP contribution in [0.25, 0.3) is 0 Å². The van der Waals surface area contributed by atoms with Gasteiger partial charge in [0.25, 0.3) is 0 Å². The Balaban J connectivity index is 1.60. The number of aliphatic hydroxyl groups excluding tert-OH is 2. The second kappa shape index (κ2) is 11.9. The molecule has 4 unspecified atom stereocenters. The van der Waals surface area contributed by atoms with Crippen molar-refractivity contribution < 1.29 is 29.3 Å². The second-order valence-corrected chi connectivity index (χ2v) is 13.2. The summed E-state index contributed by atoms with van der Waals surface area (Å²) in [5.41, 5.74) is 1.35. The molecule has 3 fully saturated rings. The van der Waals surface area contributed by atoms with Gasteiger partial charge in [-0.2, -0.15) is 0 Å². The summed E-state index contributed by atoms with van der Waals surface area (Å²) in [5.74, 6) is 2.02. The number of carbonyl (C=O) groups is 2. The number of carbonyl (C=O) groups excluding carboxylic acids is 2. The SMILES string of the molecule is C=C(CCC1C(CCC(=C)OC(=O)CC)[C@H]2[C@@H]3CC=C4CC(O)CC[C@]4(C)[C@@H]3CC[C@]2(C)C1O)OC(=O)CC. The van der Waals surface area contributed by atoms with Gasteiger partial charge in [-0.3, -0.25) is 9.59 Å². The van der Waals surface area contributed by atoms with E-state index in [1.807, 2.05) is 0 Å². The number of hydrogen-bond donors (Lipinski definition) is 2. The summed E-state index contributed by atoms with van der Waals surface area (Å²) in [7, 11) is 0. The average molecular weight is 543 g/mol. The van der Waals surface area contributed by atoms with Gasteiger partial charge in [-0.25, -0.2) is 0 Å². The van der Waals surface area contributed by atoms with Gasteiger partial charge in [0.1, 0.15) is 11.5 Å². The molecule has 2 N–H and O–H groups in total. The first-order chi connectivity index (χ1) is 18.4. The zero-order chi connectivity index (χ0) is 28.5. The summed E-state index contributed by atoms with van der Waals surface area (Å²) in [4.78, 5) is 23.7. The first-order valence-electron chi connectivity index (χ1n) is 15.3. The van der Waals surface area contributed by atoms with Crippen molar-refractivity contribution in [2.75, 3.05) is 0 Å². The normalized spacial score (nSPS) is 39.0. The Labute approximate surface area is 234 Å². The van der Waals surface area contributed by atoms with Gasteiger partial charge < -0.3 is 19.7 Å². The Morgan fingerprint density at radius 3 is 2.13 bits per heavy atom. The maximum absolute atomic E-state index is 11.9. The van der Waals surface area contributed by atoms with Gasteiger partial charge >= 0.3 is 11.9 Å². The quantitative estimate of drug-likeness (QED) is 0.183. The lowest BCUT2D eigenvalue weighted by Gasteiger charge is -2.58. The Bertz CT molecular complexity index is 998. The molecule has 0 aromatic heterocycles. The summed E-state index contributed by atoms with van der Waals surface area (Å²) in [5, 5.41) is 22.3. The third-order valence-electron chi connectivity index (χ3n) is 11.1. The molecule has 0 bridgehead atoms. The Morgan fingerprint density at radius 2 is 1.54 bits per heavy atom. The molecule has 4 aliphatic carbocycles. The van der Waals surface area contributed by atoms with Crippen molar-refractivity contribution in [1.82, 2.24) is 0 Å². The van der Waals surface area contributed by atoms with Gasteiger partial charge in [-0.1, -0.05) is 52.5 Å². The number of fused-ring (bicyclic) bond motifs is 5. The summed E-state index contributed by atoms with van der Waals surface area (Å²) in [6.45, 7) is 16.3. The van der Waals surface area contributed by atoms with E-state index in [-0.39, 0.29) is 40.7 Å². The zero-order valence-electron chi connectivity index (χ0n) is 24.5. The van der Waals surface area contributed by atoms with Crippen molar-refractivity contribution in [3.63, 3.8) is 0 Å². The first-order valence-corrected chi connectivity index (χ1v) is 15.3. The first kappa shape index (κ1) is 30.0. The molecule has 0 heterocycles. The zero-order valence-corrected chi connectivity index (χ0v) is 24.5. The number of ether oxygens (including phenoxy) is 2. The van der Waals surface area contributed by atoms with Gasteiger partial charge in [-0.15, -0.1) is 0 Å². The van der Waals surface area contributed by atoms with Crippen molar-refractivity contribution in [1.29, 1.82) is 0 Å². The fourth-order valence-electron chi connectivity index (χ4n) is 9.05. The number of hydrogen-bond acceptors (Lipinski definition) is 6. The van der Waals surface area contributed by atoms with Crippen LogP contribution in [0.3, 0.4) is 0 Å². The molecule has 0 radical (unpaired) electrons. The van der Waals surface area contributed by atoms with Crippen LogP contribution in [0.2, 0.25) is 0 Å². The summed E-state index contributed by atoms with van der Waals surface area (Å²) in [6, 6.07) is 0. The maximum atomic E-state index is 11.9. The minimum absolute atomic E-state index is 0.0388. The van der Waals surface area contributed by atoms with E-state index in [0.29, 0.717) is 61.4 Å². The van der Waals surface area contributed by atoms with Crippen LogP contribution in [0.1, 0.15) is 105 Å². The van der Waals surface area contributed by atoms with Gasteiger partial charge in [0.2, 0.25) is 0 Å². The number of esters is 2. The van der Waals surface area contributed by atoms with Crippen LogP contribution < -0.4 is 0 Å². The van der Waals surface area contributed by atoms with Crippen LogP contribution in [0.4, 0.5) is 0 Å². The monoisotopic (exact) mass is 542 g/mol. The molecule has 0 amide bonds. The smallest absolute Gasteiger partial charge is 0.310 e. The van der Waals surface area contributed by atoms with Gasteiger partial charge in [0.05, 0.1) is 12.2 Å². The average Bonchev–Trinajstić information content (AvgIpc) is 3.12.